The maximum atomic E-state index is 12.4. The Morgan fingerprint density at radius 2 is 1.52 bits per heavy atom. The van der Waals surface area contributed by atoms with Crippen LogP contribution in [0.2, 0.25) is 0 Å². The number of hydrogen-bond acceptors (Lipinski definition) is 4. The maximum Gasteiger partial charge on any atom is 0.133 e. The number of carbonyl (C=O) groups excluding carboxylic acids is 1. The molecule has 3 aromatic carbocycles. The molecule has 0 saturated heterocycles. The predicted octanol–water partition coefficient (Wildman–Crippen LogP) is 6.07. The van der Waals surface area contributed by atoms with Crippen molar-refractivity contribution in [1.29, 1.82) is 0 Å². The second-order valence-electron chi connectivity index (χ2n) is 8.76. The number of Topliss-reactive ketones (excluding diaryl/α,β-unsaturated/α-hetero) is 1. The summed E-state index contributed by atoms with van der Waals surface area (Å²) in [6, 6.07) is 26.2. The van der Waals surface area contributed by atoms with Crippen LogP contribution in [0.15, 0.2) is 78.9 Å². The molecule has 4 nitrogen and oxygen atoms in total. The van der Waals surface area contributed by atoms with Crippen molar-refractivity contribution in [3.8, 4) is 11.5 Å². The first kappa shape index (κ1) is 23.1. The largest absolute Gasteiger partial charge is 0.489 e. The average Bonchev–Trinajstić information content (AvgIpc) is 2.87. The molecule has 4 heteroatoms. The summed E-state index contributed by atoms with van der Waals surface area (Å²) in [7, 11) is 0. The van der Waals surface area contributed by atoms with Crippen molar-refractivity contribution >= 4 is 5.78 Å². The fraction of sp³-hybridized carbons (Fsp3) is 0.345. The minimum Gasteiger partial charge on any atom is -0.489 e. The Labute approximate surface area is 196 Å². The van der Waals surface area contributed by atoms with E-state index in [-0.39, 0.29) is 12.5 Å². The summed E-state index contributed by atoms with van der Waals surface area (Å²) in [5, 5.41) is 9.35. The van der Waals surface area contributed by atoms with Gasteiger partial charge in [0.15, 0.2) is 0 Å². The molecule has 1 N–H and O–H groups in total. The molecule has 0 amide bonds. The van der Waals surface area contributed by atoms with Gasteiger partial charge in [-0.3, -0.25) is 4.79 Å². The van der Waals surface area contributed by atoms with Gasteiger partial charge in [-0.15, -0.1) is 0 Å². The minimum atomic E-state index is 0.103. The number of ether oxygens (including phenoxy) is 2. The lowest BCUT2D eigenvalue weighted by molar-refractivity contribution is -0.121. The van der Waals surface area contributed by atoms with Gasteiger partial charge in [-0.05, 0) is 53.9 Å². The summed E-state index contributed by atoms with van der Waals surface area (Å²) in [5.74, 6) is 2.30. The molecule has 0 aromatic heterocycles. The average molecular weight is 445 g/mol. The van der Waals surface area contributed by atoms with Gasteiger partial charge >= 0.3 is 0 Å². The Kier molecular flexibility index (Phi) is 8.15. The van der Waals surface area contributed by atoms with Crippen LogP contribution in [0, 0.1) is 5.92 Å². The summed E-state index contributed by atoms with van der Waals surface area (Å²) >= 11 is 0. The third-order valence-electron chi connectivity index (χ3n) is 6.41. The topological polar surface area (TPSA) is 55.8 Å². The highest BCUT2D eigenvalue weighted by Crippen LogP contribution is 2.43. The van der Waals surface area contributed by atoms with E-state index in [1.54, 1.807) is 0 Å². The zero-order chi connectivity index (χ0) is 22.9. The van der Waals surface area contributed by atoms with Crippen molar-refractivity contribution in [2.24, 2.45) is 5.92 Å². The van der Waals surface area contributed by atoms with Gasteiger partial charge in [0, 0.05) is 25.5 Å². The number of ketones is 1. The third-order valence-corrected chi connectivity index (χ3v) is 6.41. The monoisotopic (exact) mass is 444 g/mol. The van der Waals surface area contributed by atoms with Crippen LogP contribution in [0.1, 0.15) is 54.7 Å². The van der Waals surface area contributed by atoms with Gasteiger partial charge in [0.1, 0.15) is 30.5 Å². The molecule has 0 aliphatic heterocycles. The van der Waals surface area contributed by atoms with Gasteiger partial charge in [-0.1, -0.05) is 66.7 Å². The van der Waals surface area contributed by atoms with Crippen molar-refractivity contribution in [2.75, 3.05) is 6.61 Å². The van der Waals surface area contributed by atoms with Crippen LogP contribution in [-0.2, 0) is 18.0 Å². The minimum absolute atomic E-state index is 0.103. The van der Waals surface area contributed by atoms with E-state index in [9.17, 15) is 9.90 Å². The lowest BCUT2D eigenvalue weighted by Gasteiger charge is -2.32. The summed E-state index contributed by atoms with van der Waals surface area (Å²) in [5.41, 5.74) is 3.26. The zero-order valence-electron chi connectivity index (χ0n) is 19.0. The molecule has 0 radical (unpaired) electrons. The van der Waals surface area contributed by atoms with Crippen molar-refractivity contribution in [2.45, 2.75) is 51.2 Å². The molecule has 0 bridgehead atoms. The van der Waals surface area contributed by atoms with Crippen LogP contribution in [0.4, 0.5) is 0 Å². The molecule has 0 spiro atoms. The number of benzene rings is 3. The van der Waals surface area contributed by atoms with E-state index in [4.69, 9.17) is 9.47 Å². The SMILES string of the molecule is O=C1CCC(CCCO)C(c2ccc(OCc3ccccc3)cc2OCc2ccccc2)C1. The molecule has 1 saturated carbocycles. The van der Waals surface area contributed by atoms with Gasteiger partial charge in [-0.25, -0.2) is 0 Å². The van der Waals surface area contributed by atoms with Gasteiger partial charge < -0.3 is 14.6 Å². The predicted molar refractivity (Wildman–Crippen MR) is 129 cm³/mol. The molecule has 33 heavy (non-hydrogen) atoms. The first-order valence-corrected chi connectivity index (χ1v) is 11.8. The quantitative estimate of drug-likeness (QED) is 0.412. The van der Waals surface area contributed by atoms with Crippen LogP contribution >= 0.6 is 0 Å². The number of aliphatic hydroxyl groups is 1. The number of rotatable bonds is 10. The van der Waals surface area contributed by atoms with Crippen molar-refractivity contribution < 1.29 is 19.4 Å². The first-order valence-electron chi connectivity index (χ1n) is 11.8. The summed E-state index contributed by atoms with van der Waals surface area (Å²) in [6.07, 6.45) is 3.70. The van der Waals surface area contributed by atoms with Crippen molar-refractivity contribution in [1.82, 2.24) is 0 Å². The summed E-state index contributed by atoms with van der Waals surface area (Å²) in [4.78, 5) is 12.4. The molecular weight excluding hydrogens is 412 g/mol. The van der Waals surface area contributed by atoms with E-state index >= 15 is 0 Å². The number of aliphatic hydroxyl groups excluding tert-OH is 1. The third kappa shape index (κ3) is 6.45. The smallest absolute Gasteiger partial charge is 0.133 e. The Bertz CT molecular complexity index is 1020. The Morgan fingerprint density at radius 1 is 0.848 bits per heavy atom. The molecular formula is C29H32O4. The first-order chi connectivity index (χ1) is 16.2. The van der Waals surface area contributed by atoms with E-state index < -0.39 is 0 Å². The van der Waals surface area contributed by atoms with Crippen molar-refractivity contribution in [3.05, 3.63) is 95.6 Å². The molecule has 1 aliphatic rings. The molecule has 2 atom stereocenters. The molecule has 1 fully saturated rings. The van der Waals surface area contributed by atoms with Gasteiger partial charge in [0.2, 0.25) is 0 Å². The number of hydrogen-bond donors (Lipinski definition) is 1. The summed E-state index contributed by atoms with van der Waals surface area (Å²) in [6.45, 7) is 1.12. The molecule has 0 heterocycles. The molecule has 2 unspecified atom stereocenters. The van der Waals surface area contributed by atoms with E-state index in [1.807, 2.05) is 72.8 Å². The normalized spacial score (nSPS) is 18.2. The fourth-order valence-corrected chi connectivity index (χ4v) is 4.64. The maximum absolute atomic E-state index is 12.4. The zero-order valence-corrected chi connectivity index (χ0v) is 19.0. The highest BCUT2D eigenvalue weighted by Gasteiger charge is 2.32. The Morgan fingerprint density at radius 3 is 2.18 bits per heavy atom. The Hall–Kier alpha value is -3.11. The summed E-state index contributed by atoms with van der Waals surface area (Å²) < 4.78 is 12.4. The van der Waals surface area contributed by atoms with E-state index in [0.29, 0.717) is 37.8 Å². The van der Waals surface area contributed by atoms with E-state index in [0.717, 1.165) is 47.5 Å². The van der Waals surface area contributed by atoms with E-state index in [1.165, 1.54) is 0 Å². The van der Waals surface area contributed by atoms with Gasteiger partial charge in [0.25, 0.3) is 0 Å². The molecule has 4 rings (SSSR count). The van der Waals surface area contributed by atoms with E-state index in [2.05, 4.69) is 6.07 Å². The number of carbonyl (C=O) groups is 1. The highest BCUT2D eigenvalue weighted by molar-refractivity contribution is 5.80. The van der Waals surface area contributed by atoms with Crippen LogP contribution in [0.3, 0.4) is 0 Å². The molecule has 172 valence electrons. The van der Waals surface area contributed by atoms with Crippen LogP contribution in [-0.4, -0.2) is 17.5 Å². The van der Waals surface area contributed by atoms with Gasteiger partial charge in [-0.2, -0.15) is 0 Å². The lowest BCUT2D eigenvalue weighted by atomic mass is 9.73. The second kappa shape index (κ2) is 11.7. The lowest BCUT2D eigenvalue weighted by Crippen LogP contribution is -2.24. The Balaban J connectivity index is 1.58. The molecule has 3 aromatic rings. The van der Waals surface area contributed by atoms with Crippen molar-refractivity contribution in [3.63, 3.8) is 0 Å². The highest BCUT2D eigenvalue weighted by atomic mass is 16.5. The second-order valence-corrected chi connectivity index (χ2v) is 8.76. The van der Waals surface area contributed by atoms with Crippen LogP contribution in [0.5, 0.6) is 11.5 Å². The molecule has 1 aliphatic carbocycles. The van der Waals surface area contributed by atoms with Crippen LogP contribution in [0.25, 0.3) is 0 Å². The van der Waals surface area contributed by atoms with Gasteiger partial charge in [0.05, 0.1) is 0 Å². The standard InChI is InChI=1S/C29H32O4/c30-17-7-12-24-13-14-25(31)18-28(24)27-16-15-26(32-20-22-8-3-1-4-9-22)19-29(27)33-21-23-10-5-2-6-11-23/h1-6,8-11,15-16,19,24,28,30H,7,12-14,17-18,20-21H2. The van der Waals surface area contributed by atoms with Crippen LogP contribution < -0.4 is 9.47 Å². The fourth-order valence-electron chi connectivity index (χ4n) is 4.64.